The molecule has 0 atom stereocenters. The number of amides is 1. The van der Waals surface area contributed by atoms with E-state index in [4.69, 9.17) is 0 Å². The largest absolute Gasteiger partial charge is 0.384 e. The van der Waals surface area contributed by atoms with Crippen LogP contribution in [-0.4, -0.2) is 23.4 Å². The maximum absolute atomic E-state index is 12.8. The van der Waals surface area contributed by atoms with Gasteiger partial charge in [-0.25, -0.2) is 0 Å². The van der Waals surface area contributed by atoms with Crippen LogP contribution in [0, 0.1) is 0 Å². The summed E-state index contributed by atoms with van der Waals surface area (Å²) in [6.07, 6.45) is 1.05. The van der Waals surface area contributed by atoms with Crippen molar-refractivity contribution in [3.05, 3.63) is 51.7 Å². The molecule has 110 valence electrons. The molecule has 1 aromatic carbocycles. The number of nitrogens with one attached hydrogen (secondary N) is 1. The zero-order valence-corrected chi connectivity index (χ0v) is 13.2. The molecule has 1 N–H and O–H groups in total. The molecule has 0 unspecified atom stereocenters. The normalized spacial score (nSPS) is 13.1. The van der Waals surface area contributed by atoms with Gasteiger partial charge in [0.05, 0.1) is 6.54 Å². The molecule has 1 aliphatic heterocycles. The standard InChI is InChI=1S/C17H20N2OS/c1-12(2)19(11-15-4-3-9-21-15)17(20)14-6-5-13-7-8-18-16(13)10-14/h3-6,9-10,12,18H,7-8,11H2,1-2H3. The van der Waals surface area contributed by atoms with Crippen molar-refractivity contribution in [2.75, 3.05) is 11.9 Å². The fourth-order valence-corrected chi connectivity index (χ4v) is 3.35. The summed E-state index contributed by atoms with van der Waals surface area (Å²) in [5, 5.41) is 5.39. The summed E-state index contributed by atoms with van der Waals surface area (Å²) in [6.45, 7) is 5.78. The predicted octanol–water partition coefficient (Wildman–Crippen LogP) is 3.77. The van der Waals surface area contributed by atoms with E-state index < -0.39 is 0 Å². The third kappa shape index (κ3) is 2.95. The fourth-order valence-electron chi connectivity index (χ4n) is 2.65. The Balaban J connectivity index is 1.83. The molecule has 1 aliphatic rings. The summed E-state index contributed by atoms with van der Waals surface area (Å²) < 4.78 is 0. The van der Waals surface area contributed by atoms with E-state index in [0.29, 0.717) is 6.54 Å². The highest BCUT2D eigenvalue weighted by molar-refractivity contribution is 7.09. The fraction of sp³-hybridized carbons (Fsp3) is 0.353. The first kappa shape index (κ1) is 14.1. The van der Waals surface area contributed by atoms with E-state index in [1.807, 2.05) is 23.1 Å². The van der Waals surface area contributed by atoms with E-state index in [1.54, 1.807) is 11.3 Å². The lowest BCUT2D eigenvalue weighted by Gasteiger charge is -2.26. The Kier molecular flexibility index (Phi) is 3.97. The van der Waals surface area contributed by atoms with Crippen LogP contribution in [0.4, 0.5) is 5.69 Å². The first-order valence-corrected chi connectivity index (χ1v) is 8.23. The molecule has 21 heavy (non-hydrogen) atoms. The van der Waals surface area contributed by atoms with Crippen LogP contribution < -0.4 is 5.32 Å². The molecule has 4 heteroatoms. The zero-order chi connectivity index (χ0) is 14.8. The van der Waals surface area contributed by atoms with Crippen LogP contribution >= 0.6 is 11.3 Å². The van der Waals surface area contributed by atoms with Gasteiger partial charge in [0.1, 0.15) is 0 Å². The van der Waals surface area contributed by atoms with Crippen LogP contribution in [0.2, 0.25) is 0 Å². The van der Waals surface area contributed by atoms with Crippen molar-refractivity contribution in [2.24, 2.45) is 0 Å². The van der Waals surface area contributed by atoms with Crippen molar-refractivity contribution in [2.45, 2.75) is 32.9 Å². The highest BCUT2D eigenvalue weighted by atomic mass is 32.1. The molecule has 0 radical (unpaired) electrons. The van der Waals surface area contributed by atoms with E-state index in [9.17, 15) is 4.79 Å². The van der Waals surface area contributed by atoms with Gasteiger partial charge < -0.3 is 10.2 Å². The Hall–Kier alpha value is -1.81. The van der Waals surface area contributed by atoms with Gasteiger partial charge in [-0.1, -0.05) is 12.1 Å². The first-order valence-electron chi connectivity index (χ1n) is 7.35. The molecule has 0 saturated carbocycles. The highest BCUT2D eigenvalue weighted by Crippen LogP contribution is 2.25. The Morgan fingerprint density at radius 3 is 2.95 bits per heavy atom. The average Bonchev–Trinajstić information content (AvgIpc) is 3.14. The third-order valence-corrected chi connectivity index (χ3v) is 4.72. The van der Waals surface area contributed by atoms with E-state index >= 15 is 0 Å². The molecule has 0 aliphatic carbocycles. The SMILES string of the molecule is CC(C)N(Cc1cccs1)C(=O)c1ccc2c(c1)NCC2. The van der Waals surface area contributed by atoms with Crippen LogP contribution in [0.25, 0.3) is 0 Å². The summed E-state index contributed by atoms with van der Waals surface area (Å²) in [4.78, 5) is 16.0. The number of fused-ring (bicyclic) bond motifs is 1. The van der Waals surface area contributed by atoms with Gasteiger partial charge in [-0.15, -0.1) is 11.3 Å². The lowest BCUT2D eigenvalue weighted by atomic mass is 10.1. The number of benzene rings is 1. The van der Waals surface area contributed by atoms with Gasteiger partial charge in [0.15, 0.2) is 0 Å². The van der Waals surface area contributed by atoms with Crippen molar-refractivity contribution in [1.82, 2.24) is 4.90 Å². The number of nitrogens with zero attached hydrogens (tertiary/aromatic N) is 1. The molecule has 1 aromatic heterocycles. The Bertz CT molecular complexity index is 634. The van der Waals surface area contributed by atoms with E-state index in [2.05, 4.69) is 36.7 Å². The monoisotopic (exact) mass is 300 g/mol. The van der Waals surface area contributed by atoms with E-state index in [1.165, 1.54) is 10.4 Å². The second kappa shape index (κ2) is 5.90. The maximum Gasteiger partial charge on any atom is 0.254 e. The van der Waals surface area contributed by atoms with Crippen LogP contribution in [0.3, 0.4) is 0 Å². The summed E-state index contributed by atoms with van der Waals surface area (Å²) >= 11 is 1.70. The quantitative estimate of drug-likeness (QED) is 0.932. The van der Waals surface area contributed by atoms with Crippen LogP contribution in [0.5, 0.6) is 0 Å². The van der Waals surface area contributed by atoms with Gasteiger partial charge >= 0.3 is 0 Å². The number of rotatable bonds is 4. The molecular weight excluding hydrogens is 280 g/mol. The van der Waals surface area contributed by atoms with E-state index in [-0.39, 0.29) is 11.9 Å². The van der Waals surface area contributed by atoms with E-state index in [0.717, 1.165) is 24.2 Å². The first-order chi connectivity index (χ1) is 10.1. The van der Waals surface area contributed by atoms with Gasteiger partial charge in [-0.3, -0.25) is 4.79 Å². The van der Waals surface area contributed by atoms with Gasteiger partial charge in [0, 0.05) is 28.7 Å². The molecule has 1 amide bonds. The summed E-state index contributed by atoms with van der Waals surface area (Å²) in [5.41, 5.74) is 3.19. The zero-order valence-electron chi connectivity index (χ0n) is 12.4. The maximum atomic E-state index is 12.8. The lowest BCUT2D eigenvalue weighted by molar-refractivity contribution is 0.0692. The minimum atomic E-state index is 0.106. The molecule has 2 aromatic rings. The smallest absolute Gasteiger partial charge is 0.254 e. The van der Waals surface area contributed by atoms with Gasteiger partial charge in [-0.2, -0.15) is 0 Å². The molecule has 0 spiro atoms. The van der Waals surface area contributed by atoms with Gasteiger partial charge in [0.2, 0.25) is 0 Å². The average molecular weight is 300 g/mol. The topological polar surface area (TPSA) is 32.3 Å². The Morgan fingerprint density at radius 2 is 2.24 bits per heavy atom. The Morgan fingerprint density at radius 1 is 1.38 bits per heavy atom. The molecule has 0 bridgehead atoms. The molecule has 0 saturated heterocycles. The number of anilines is 1. The highest BCUT2D eigenvalue weighted by Gasteiger charge is 2.21. The second-order valence-corrected chi connectivity index (χ2v) is 6.69. The number of carbonyl (C=O) groups is 1. The van der Waals surface area contributed by atoms with Crippen LogP contribution in [0.15, 0.2) is 35.7 Å². The van der Waals surface area contributed by atoms with Crippen molar-refractivity contribution >= 4 is 22.9 Å². The minimum Gasteiger partial charge on any atom is -0.384 e. The van der Waals surface area contributed by atoms with Gasteiger partial charge in [-0.05, 0) is 49.4 Å². The van der Waals surface area contributed by atoms with Crippen molar-refractivity contribution in [3.63, 3.8) is 0 Å². The summed E-state index contributed by atoms with van der Waals surface area (Å²) in [7, 11) is 0. The lowest BCUT2D eigenvalue weighted by Crippen LogP contribution is -2.36. The number of hydrogen-bond acceptors (Lipinski definition) is 3. The van der Waals surface area contributed by atoms with Crippen molar-refractivity contribution < 1.29 is 4.79 Å². The Labute approximate surface area is 129 Å². The third-order valence-electron chi connectivity index (χ3n) is 3.86. The molecular formula is C17H20N2OS. The molecule has 0 fully saturated rings. The van der Waals surface area contributed by atoms with Gasteiger partial charge in [0.25, 0.3) is 5.91 Å². The number of carbonyl (C=O) groups excluding carboxylic acids is 1. The molecule has 2 heterocycles. The van der Waals surface area contributed by atoms with Crippen LogP contribution in [-0.2, 0) is 13.0 Å². The van der Waals surface area contributed by atoms with Crippen LogP contribution in [0.1, 0.15) is 34.6 Å². The molecule has 3 rings (SSSR count). The number of hydrogen-bond donors (Lipinski definition) is 1. The minimum absolute atomic E-state index is 0.106. The number of thiophene rings is 1. The van der Waals surface area contributed by atoms with Crippen molar-refractivity contribution in [3.8, 4) is 0 Å². The van der Waals surface area contributed by atoms with Crippen molar-refractivity contribution in [1.29, 1.82) is 0 Å². The summed E-state index contributed by atoms with van der Waals surface area (Å²) in [6, 6.07) is 10.3. The second-order valence-electron chi connectivity index (χ2n) is 5.65. The predicted molar refractivity (Wildman–Crippen MR) is 88.0 cm³/mol. The summed E-state index contributed by atoms with van der Waals surface area (Å²) in [5.74, 6) is 0.106. The molecule has 3 nitrogen and oxygen atoms in total.